The van der Waals surface area contributed by atoms with E-state index in [1.807, 2.05) is 18.7 Å². The number of hydrogen-bond donors (Lipinski definition) is 0. The highest BCUT2D eigenvalue weighted by atomic mass is 32.2. The molecule has 0 bridgehead atoms. The first-order valence-electron chi connectivity index (χ1n) is 8.08. The maximum atomic E-state index is 12.8. The van der Waals surface area contributed by atoms with E-state index in [0.717, 1.165) is 5.75 Å². The summed E-state index contributed by atoms with van der Waals surface area (Å²) in [5.74, 6) is 1.04. The lowest BCUT2D eigenvalue weighted by Gasteiger charge is -2.36. The zero-order chi connectivity index (χ0) is 17.3. The third kappa shape index (κ3) is 4.44. The number of hydrogen-bond acceptors (Lipinski definition) is 4. The predicted octanol–water partition coefficient (Wildman–Crippen LogP) is 4.20. The van der Waals surface area contributed by atoms with Crippen molar-refractivity contribution in [2.75, 3.05) is 5.75 Å². The number of carbonyl (C=O) groups is 2. The van der Waals surface area contributed by atoms with E-state index in [9.17, 15) is 9.59 Å². The topological polar surface area (TPSA) is 37.4 Å². The molecule has 0 aromatic rings. The molecule has 1 unspecified atom stereocenters. The van der Waals surface area contributed by atoms with Gasteiger partial charge in [-0.05, 0) is 32.9 Å². The van der Waals surface area contributed by atoms with Crippen molar-refractivity contribution in [3.05, 3.63) is 0 Å². The standard InChI is InChI=1S/C17H31NO2S2/c1-11(2)14(20)15-16(5,6)22-17(7,8)18(15)13(19)9-10-21-12(3)4/h11-12,15H,9-10H2,1-8H3. The van der Waals surface area contributed by atoms with Crippen LogP contribution in [0.1, 0.15) is 61.8 Å². The summed E-state index contributed by atoms with van der Waals surface area (Å²) >= 11 is 3.53. The van der Waals surface area contributed by atoms with Gasteiger partial charge in [-0.25, -0.2) is 0 Å². The van der Waals surface area contributed by atoms with Gasteiger partial charge in [0, 0.05) is 22.8 Å². The molecule has 1 rings (SSSR count). The van der Waals surface area contributed by atoms with Gasteiger partial charge in [0.2, 0.25) is 5.91 Å². The van der Waals surface area contributed by atoms with Crippen molar-refractivity contribution in [3.63, 3.8) is 0 Å². The fraction of sp³-hybridized carbons (Fsp3) is 0.882. The van der Waals surface area contributed by atoms with Crippen molar-refractivity contribution in [2.45, 2.75) is 82.7 Å². The van der Waals surface area contributed by atoms with Crippen molar-refractivity contribution in [2.24, 2.45) is 5.92 Å². The lowest BCUT2D eigenvalue weighted by Crippen LogP contribution is -2.54. The molecule has 3 nitrogen and oxygen atoms in total. The number of carbonyl (C=O) groups excluding carboxylic acids is 2. The number of Topliss-reactive ketones (excluding diaryl/α,β-unsaturated/α-hetero) is 1. The van der Waals surface area contributed by atoms with Gasteiger partial charge in [0.15, 0.2) is 5.78 Å². The van der Waals surface area contributed by atoms with Crippen LogP contribution in [0.2, 0.25) is 0 Å². The molecule has 1 aliphatic heterocycles. The second-order valence-electron chi connectivity index (χ2n) is 7.55. The zero-order valence-electron chi connectivity index (χ0n) is 15.2. The Labute approximate surface area is 144 Å². The number of ketones is 1. The molecule has 0 aromatic heterocycles. The first-order valence-corrected chi connectivity index (χ1v) is 9.94. The first-order chi connectivity index (χ1) is 9.90. The van der Waals surface area contributed by atoms with E-state index in [1.54, 1.807) is 23.5 Å². The molecule has 0 aromatic carbocycles. The number of rotatable bonds is 6. The Morgan fingerprint density at radius 2 is 1.68 bits per heavy atom. The highest BCUT2D eigenvalue weighted by Gasteiger charge is 2.56. The average Bonchev–Trinajstić information content (AvgIpc) is 2.51. The maximum Gasteiger partial charge on any atom is 0.225 e. The van der Waals surface area contributed by atoms with Gasteiger partial charge in [-0.3, -0.25) is 9.59 Å². The summed E-state index contributed by atoms with van der Waals surface area (Å²) in [6, 6.07) is -0.330. The lowest BCUT2D eigenvalue weighted by atomic mass is 9.90. The smallest absolute Gasteiger partial charge is 0.225 e. The fourth-order valence-corrected chi connectivity index (χ4v) is 5.79. The molecular weight excluding hydrogens is 314 g/mol. The largest absolute Gasteiger partial charge is 0.317 e. The van der Waals surface area contributed by atoms with E-state index >= 15 is 0 Å². The summed E-state index contributed by atoms with van der Waals surface area (Å²) in [7, 11) is 0. The molecule has 1 fully saturated rings. The van der Waals surface area contributed by atoms with Crippen molar-refractivity contribution >= 4 is 35.2 Å². The minimum absolute atomic E-state index is 0.0564. The van der Waals surface area contributed by atoms with Crippen molar-refractivity contribution in [1.29, 1.82) is 0 Å². The molecule has 128 valence electrons. The lowest BCUT2D eigenvalue weighted by molar-refractivity contribution is -0.143. The second-order valence-corrected chi connectivity index (χ2v) is 11.5. The molecular formula is C17H31NO2S2. The molecule has 0 saturated carbocycles. The van der Waals surface area contributed by atoms with Crippen molar-refractivity contribution in [1.82, 2.24) is 4.90 Å². The minimum atomic E-state index is -0.335. The Balaban J connectivity index is 3.00. The van der Waals surface area contributed by atoms with Gasteiger partial charge in [-0.15, -0.1) is 11.8 Å². The average molecular weight is 346 g/mol. The monoisotopic (exact) mass is 345 g/mol. The van der Waals surface area contributed by atoms with Crippen LogP contribution < -0.4 is 0 Å². The molecule has 1 atom stereocenters. The van der Waals surface area contributed by atoms with Gasteiger partial charge < -0.3 is 4.90 Å². The molecule has 0 spiro atoms. The van der Waals surface area contributed by atoms with Gasteiger partial charge in [0.05, 0.1) is 4.87 Å². The SMILES string of the molecule is CC(C)SCCC(=O)N1C(C(=O)C(C)C)C(C)(C)SC1(C)C. The Bertz CT molecular complexity index is 430. The van der Waals surface area contributed by atoms with E-state index in [4.69, 9.17) is 0 Å². The Kier molecular flexibility index (Phi) is 6.48. The van der Waals surface area contributed by atoms with Crippen LogP contribution in [0.25, 0.3) is 0 Å². The van der Waals surface area contributed by atoms with Crippen molar-refractivity contribution in [3.8, 4) is 0 Å². The highest BCUT2D eigenvalue weighted by Crippen LogP contribution is 2.51. The third-order valence-corrected chi connectivity index (χ3v) is 6.44. The van der Waals surface area contributed by atoms with Crippen LogP contribution in [0.4, 0.5) is 0 Å². The van der Waals surface area contributed by atoms with Crippen LogP contribution in [-0.2, 0) is 9.59 Å². The Morgan fingerprint density at radius 1 is 1.14 bits per heavy atom. The summed E-state index contributed by atoms with van der Waals surface area (Å²) in [4.78, 5) is 27.1. The van der Waals surface area contributed by atoms with E-state index < -0.39 is 0 Å². The van der Waals surface area contributed by atoms with Gasteiger partial charge in [-0.1, -0.05) is 27.7 Å². The highest BCUT2D eigenvalue weighted by molar-refractivity contribution is 8.02. The summed E-state index contributed by atoms with van der Waals surface area (Å²) < 4.78 is -0.244. The van der Waals surface area contributed by atoms with E-state index in [2.05, 4.69) is 41.5 Å². The summed E-state index contributed by atoms with van der Waals surface area (Å²) in [6.07, 6.45) is 0.505. The van der Waals surface area contributed by atoms with Gasteiger partial charge in [-0.2, -0.15) is 11.8 Å². The number of thioether (sulfide) groups is 2. The van der Waals surface area contributed by atoms with Crippen LogP contribution in [0.5, 0.6) is 0 Å². The van der Waals surface area contributed by atoms with Crippen LogP contribution in [0.3, 0.4) is 0 Å². The molecule has 1 amide bonds. The van der Waals surface area contributed by atoms with E-state index in [0.29, 0.717) is 11.7 Å². The zero-order valence-corrected chi connectivity index (χ0v) is 16.9. The fourth-order valence-electron chi connectivity index (χ4n) is 3.10. The van der Waals surface area contributed by atoms with Crippen LogP contribution in [0, 0.1) is 5.92 Å². The molecule has 1 heterocycles. The summed E-state index contributed by atoms with van der Waals surface area (Å²) in [5.41, 5.74) is 0. The quantitative estimate of drug-likeness (QED) is 0.723. The molecule has 1 saturated heterocycles. The first kappa shape index (κ1) is 19.9. The van der Waals surface area contributed by atoms with Crippen LogP contribution in [-0.4, -0.2) is 43.3 Å². The Morgan fingerprint density at radius 3 is 2.14 bits per heavy atom. The van der Waals surface area contributed by atoms with E-state index in [1.165, 1.54) is 0 Å². The number of nitrogens with zero attached hydrogens (tertiary/aromatic N) is 1. The van der Waals surface area contributed by atoms with Crippen molar-refractivity contribution < 1.29 is 9.59 Å². The van der Waals surface area contributed by atoms with E-state index in [-0.39, 0.29) is 33.3 Å². The number of amides is 1. The Hall–Kier alpha value is -0.160. The molecule has 0 radical (unpaired) electrons. The molecule has 22 heavy (non-hydrogen) atoms. The molecule has 5 heteroatoms. The van der Waals surface area contributed by atoms with Gasteiger partial charge in [0.25, 0.3) is 0 Å². The summed E-state index contributed by atoms with van der Waals surface area (Å²) in [5, 5.41) is 0.526. The maximum absolute atomic E-state index is 12.8. The molecule has 1 aliphatic rings. The third-order valence-electron chi connectivity index (χ3n) is 3.88. The second kappa shape index (κ2) is 7.16. The van der Waals surface area contributed by atoms with Crippen LogP contribution in [0.15, 0.2) is 0 Å². The summed E-state index contributed by atoms with van der Waals surface area (Å²) in [6.45, 7) is 16.4. The van der Waals surface area contributed by atoms with Gasteiger partial charge >= 0.3 is 0 Å². The van der Waals surface area contributed by atoms with Crippen LogP contribution >= 0.6 is 23.5 Å². The minimum Gasteiger partial charge on any atom is -0.317 e. The normalized spacial score (nSPS) is 23.4. The molecule has 0 N–H and O–H groups in total. The predicted molar refractivity (Wildman–Crippen MR) is 98.4 cm³/mol. The molecule has 0 aliphatic carbocycles. The van der Waals surface area contributed by atoms with Gasteiger partial charge in [0.1, 0.15) is 6.04 Å².